The molecule has 0 aromatic heterocycles. The zero-order valence-corrected chi connectivity index (χ0v) is 10.0. The SMILES string of the molecule is c1ccc(COCCC2CCCCC2)cc1. The minimum absolute atomic E-state index is 0.771. The summed E-state index contributed by atoms with van der Waals surface area (Å²) < 4.78 is 5.72. The fraction of sp³-hybridized carbons (Fsp3) is 0.600. The average Bonchev–Trinajstić information content (AvgIpc) is 2.37. The summed E-state index contributed by atoms with van der Waals surface area (Å²) in [6.07, 6.45) is 8.42. The minimum Gasteiger partial charge on any atom is -0.377 e. The third kappa shape index (κ3) is 3.97. The molecule has 1 aromatic rings. The van der Waals surface area contributed by atoms with Gasteiger partial charge in [-0.05, 0) is 17.9 Å². The van der Waals surface area contributed by atoms with E-state index < -0.39 is 0 Å². The molecule has 0 saturated heterocycles. The Morgan fingerprint density at radius 1 is 1.00 bits per heavy atom. The van der Waals surface area contributed by atoms with Gasteiger partial charge in [-0.3, -0.25) is 0 Å². The predicted octanol–water partition coefficient (Wildman–Crippen LogP) is 4.17. The quantitative estimate of drug-likeness (QED) is 0.674. The van der Waals surface area contributed by atoms with Crippen LogP contribution >= 0.6 is 0 Å². The number of rotatable bonds is 5. The molecule has 0 aliphatic heterocycles. The van der Waals surface area contributed by atoms with Crippen LogP contribution in [-0.4, -0.2) is 6.61 Å². The van der Waals surface area contributed by atoms with E-state index >= 15 is 0 Å². The Hall–Kier alpha value is -0.820. The Bertz CT molecular complexity index is 275. The highest BCUT2D eigenvalue weighted by atomic mass is 16.5. The molecule has 0 atom stereocenters. The van der Waals surface area contributed by atoms with Crippen molar-refractivity contribution in [1.82, 2.24) is 0 Å². The van der Waals surface area contributed by atoms with Crippen LogP contribution in [0.2, 0.25) is 0 Å². The lowest BCUT2D eigenvalue weighted by atomic mass is 9.87. The maximum Gasteiger partial charge on any atom is 0.0716 e. The van der Waals surface area contributed by atoms with Gasteiger partial charge in [0.25, 0.3) is 0 Å². The predicted molar refractivity (Wildman–Crippen MR) is 67.3 cm³/mol. The van der Waals surface area contributed by atoms with E-state index in [4.69, 9.17) is 4.74 Å². The summed E-state index contributed by atoms with van der Waals surface area (Å²) in [6, 6.07) is 10.4. The number of hydrogen-bond donors (Lipinski definition) is 0. The molecule has 1 fully saturated rings. The van der Waals surface area contributed by atoms with E-state index in [1.807, 2.05) is 6.07 Å². The van der Waals surface area contributed by atoms with Crippen molar-refractivity contribution in [2.75, 3.05) is 6.61 Å². The van der Waals surface area contributed by atoms with Crippen LogP contribution in [0.25, 0.3) is 0 Å². The molecule has 0 bridgehead atoms. The fourth-order valence-corrected chi connectivity index (χ4v) is 2.49. The van der Waals surface area contributed by atoms with E-state index in [-0.39, 0.29) is 0 Å². The maximum atomic E-state index is 5.72. The first-order valence-electron chi connectivity index (χ1n) is 6.57. The summed E-state index contributed by atoms with van der Waals surface area (Å²) in [7, 11) is 0. The van der Waals surface area contributed by atoms with Crippen molar-refractivity contribution in [3.05, 3.63) is 35.9 Å². The summed E-state index contributed by atoms with van der Waals surface area (Å²) in [6.45, 7) is 1.70. The summed E-state index contributed by atoms with van der Waals surface area (Å²) in [5.41, 5.74) is 1.28. The van der Waals surface area contributed by atoms with Gasteiger partial charge in [0.15, 0.2) is 0 Å². The Kier molecular flexibility index (Phi) is 4.88. The molecule has 0 heterocycles. The zero-order chi connectivity index (χ0) is 11.1. The van der Waals surface area contributed by atoms with Crippen LogP contribution < -0.4 is 0 Å². The number of hydrogen-bond acceptors (Lipinski definition) is 1. The molecule has 1 aliphatic carbocycles. The molecule has 16 heavy (non-hydrogen) atoms. The van der Waals surface area contributed by atoms with Crippen LogP contribution in [0.15, 0.2) is 30.3 Å². The van der Waals surface area contributed by atoms with Gasteiger partial charge < -0.3 is 4.74 Å². The molecular weight excluding hydrogens is 196 g/mol. The molecule has 0 radical (unpaired) electrons. The molecule has 0 unspecified atom stereocenters. The van der Waals surface area contributed by atoms with Crippen LogP contribution in [0.4, 0.5) is 0 Å². The second-order valence-electron chi connectivity index (χ2n) is 4.83. The van der Waals surface area contributed by atoms with Gasteiger partial charge in [-0.15, -0.1) is 0 Å². The summed E-state index contributed by atoms with van der Waals surface area (Å²) in [5.74, 6) is 0.935. The molecule has 1 heteroatoms. The maximum absolute atomic E-state index is 5.72. The minimum atomic E-state index is 0.771. The van der Waals surface area contributed by atoms with Crippen molar-refractivity contribution < 1.29 is 4.74 Å². The largest absolute Gasteiger partial charge is 0.377 e. The molecule has 1 nitrogen and oxygen atoms in total. The van der Waals surface area contributed by atoms with E-state index in [0.717, 1.165) is 19.1 Å². The van der Waals surface area contributed by atoms with Gasteiger partial charge in [-0.1, -0.05) is 62.4 Å². The molecule has 1 aromatic carbocycles. The Morgan fingerprint density at radius 2 is 1.75 bits per heavy atom. The molecular formula is C15H22O. The molecule has 1 saturated carbocycles. The molecule has 1 aliphatic rings. The first-order chi connectivity index (χ1) is 7.95. The molecule has 2 rings (SSSR count). The summed E-state index contributed by atoms with van der Waals surface area (Å²) in [4.78, 5) is 0. The second-order valence-corrected chi connectivity index (χ2v) is 4.83. The van der Waals surface area contributed by atoms with Crippen molar-refractivity contribution in [3.63, 3.8) is 0 Å². The van der Waals surface area contributed by atoms with E-state index in [9.17, 15) is 0 Å². The number of ether oxygens (including phenoxy) is 1. The van der Waals surface area contributed by atoms with Crippen LogP contribution in [0.5, 0.6) is 0 Å². The second kappa shape index (κ2) is 6.70. The first kappa shape index (κ1) is 11.7. The third-order valence-electron chi connectivity index (χ3n) is 3.51. The summed E-state index contributed by atoms with van der Waals surface area (Å²) in [5, 5.41) is 0. The van der Waals surface area contributed by atoms with Gasteiger partial charge in [0, 0.05) is 6.61 Å². The zero-order valence-electron chi connectivity index (χ0n) is 10.0. The highest BCUT2D eigenvalue weighted by Crippen LogP contribution is 2.26. The Labute approximate surface area is 98.8 Å². The van der Waals surface area contributed by atoms with Crippen LogP contribution in [0.3, 0.4) is 0 Å². The van der Waals surface area contributed by atoms with Crippen LogP contribution in [0, 0.1) is 5.92 Å². The molecule has 0 spiro atoms. The smallest absolute Gasteiger partial charge is 0.0716 e. The standard InChI is InChI=1S/C15H22O/c1-3-7-14(8-4-1)11-12-16-13-15-9-5-2-6-10-15/h2,5-6,9-10,14H,1,3-4,7-8,11-13H2. The Balaban J connectivity index is 1.58. The third-order valence-corrected chi connectivity index (χ3v) is 3.51. The van der Waals surface area contributed by atoms with Crippen LogP contribution in [0.1, 0.15) is 44.1 Å². The Morgan fingerprint density at radius 3 is 2.50 bits per heavy atom. The van der Waals surface area contributed by atoms with Crippen molar-refractivity contribution in [2.24, 2.45) is 5.92 Å². The van der Waals surface area contributed by atoms with Crippen LogP contribution in [-0.2, 0) is 11.3 Å². The van der Waals surface area contributed by atoms with Gasteiger partial charge in [-0.25, -0.2) is 0 Å². The lowest BCUT2D eigenvalue weighted by Crippen LogP contribution is -2.09. The summed E-state index contributed by atoms with van der Waals surface area (Å²) >= 11 is 0. The van der Waals surface area contributed by atoms with Gasteiger partial charge in [0.2, 0.25) is 0 Å². The van der Waals surface area contributed by atoms with Crippen molar-refractivity contribution in [3.8, 4) is 0 Å². The lowest BCUT2D eigenvalue weighted by Gasteiger charge is -2.21. The molecule has 88 valence electrons. The molecule has 0 amide bonds. The normalized spacial score (nSPS) is 17.5. The molecule has 0 N–H and O–H groups in total. The first-order valence-corrected chi connectivity index (χ1v) is 6.57. The van der Waals surface area contributed by atoms with Crippen molar-refractivity contribution in [1.29, 1.82) is 0 Å². The van der Waals surface area contributed by atoms with E-state index in [1.165, 1.54) is 44.1 Å². The van der Waals surface area contributed by atoms with Crippen molar-refractivity contribution in [2.45, 2.75) is 45.1 Å². The van der Waals surface area contributed by atoms with E-state index in [0.29, 0.717) is 0 Å². The van der Waals surface area contributed by atoms with Gasteiger partial charge in [0.05, 0.1) is 6.61 Å². The van der Waals surface area contributed by atoms with E-state index in [1.54, 1.807) is 0 Å². The fourth-order valence-electron chi connectivity index (χ4n) is 2.49. The lowest BCUT2D eigenvalue weighted by molar-refractivity contribution is 0.102. The van der Waals surface area contributed by atoms with Gasteiger partial charge in [0.1, 0.15) is 0 Å². The average molecular weight is 218 g/mol. The highest BCUT2D eigenvalue weighted by molar-refractivity contribution is 5.13. The van der Waals surface area contributed by atoms with Gasteiger partial charge in [-0.2, -0.15) is 0 Å². The van der Waals surface area contributed by atoms with E-state index in [2.05, 4.69) is 24.3 Å². The van der Waals surface area contributed by atoms with Crippen molar-refractivity contribution >= 4 is 0 Å². The number of benzene rings is 1. The highest BCUT2D eigenvalue weighted by Gasteiger charge is 2.12. The topological polar surface area (TPSA) is 9.23 Å². The van der Waals surface area contributed by atoms with Gasteiger partial charge >= 0.3 is 0 Å². The monoisotopic (exact) mass is 218 g/mol.